The van der Waals surface area contributed by atoms with Crippen molar-refractivity contribution in [2.45, 2.75) is 6.92 Å². The van der Waals surface area contributed by atoms with Crippen LogP contribution in [0.15, 0.2) is 41.5 Å². The number of hydrogen-bond donors (Lipinski definition) is 2. The van der Waals surface area contributed by atoms with Crippen LogP contribution in [0, 0.1) is 5.41 Å². The van der Waals surface area contributed by atoms with Gasteiger partial charge in [-0.2, -0.15) is 5.10 Å². The molecule has 0 unspecified atom stereocenters. The molecule has 0 aliphatic rings. The van der Waals surface area contributed by atoms with Gasteiger partial charge in [0.2, 0.25) is 0 Å². The molecule has 0 saturated carbocycles. The molecule has 0 saturated heterocycles. The van der Waals surface area contributed by atoms with Gasteiger partial charge in [0, 0.05) is 6.72 Å². The molecule has 0 aromatic heterocycles. The van der Waals surface area contributed by atoms with Gasteiger partial charge in [0.1, 0.15) is 5.71 Å². The van der Waals surface area contributed by atoms with Crippen molar-refractivity contribution in [3.05, 3.63) is 42.0 Å². The van der Waals surface area contributed by atoms with Crippen LogP contribution in [0.3, 0.4) is 0 Å². The first kappa shape index (κ1) is 13.6. The van der Waals surface area contributed by atoms with Gasteiger partial charge in [-0.15, -0.1) is 0 Å². The second-order valence-corrected chi connectivity index (χ2v) is 3.33. The summed E-state index contributed by atoms with van der Waals surface area (Å²) in [6.07, 6.45) is 1.36. The number of carbonyl (C=O) groups excluding carboxylic acids is 1. The van der Waals surface area contributed by atoms with Crippen LogP contribution in [-0.2, 0) is 9.53 Å². The van der Waals surface area contributed by atoms with Crippen LogP contribution < -0.4 is 5.43 Å². The molecule has 1 aromatic rings. The summed E-state index contributed by atoms with van der Waals surface area (Å²) in [5, 5.41) is 11.2. The molecule has 0 atom stereocenters. The molecular weight excluding hydrogens is 230 g/mol. The molecule has 1 aromatic carbocycles. The van der Waals surface area contributed by atoms with E-state index >= 15 is 0 Å². The minimum absolute atomic E-state index is 0.239. The van der Waals surface area contributed by atoms with Crippen molar-refractivity contribution in [2.75, 3.05) is 6.61 Å². The minimum Gasteiger partial charge on any atom is -0.461 e. The van der Waals surface area contributed by atoms with Gasteiger partial charge in [-0.3, -0.25) is 10.8 Å². The monoisotopic (exact) mass is 245 g/mol. The minimum atomic E-state index is -0.670. The van der Waals surface area contributed by atoms with Crippen LogP contribution in [0.25, 0.3) is 5.70 Å². The van der Waals surface area contributed by atoms with Crippen molar-refractivity contribution in [2.24, 2.45) is 5.10 Å². The van der Waals surface area contributed by atoms with Crippen LogP contribution >= 0.6 is 0 Å². The maximum absolute atomic E-state index is 11.3. The van der Waals surface area contributed by atoms with E-state index in [1.807, 2.05) is 30.3 Å². The van der Waals surface area contributed by atoms with Crippen molar-refractivity contribution in [3.63, 3.8) is 0 Å². The molecule has 5 nitrogen and oxygen atoms in total. The van der Waals surface area contributed by atoms with Crippen molar-refractivity contribution < 1.29 is 9.53 Å². The van der Waals surface area contributed by atoms with E-state index in [2.05, 4.69) is 17.2 Å². The summed E-state index contributed by atoms with van der Waals surface area (Å²) in [5.41, 5.74) is 3.73. The summed E-state index contributed by atoms with van der Waals surface area (Å²) in [6.45, 7) is 5.26. The van der Waals surface area contributed by atoms with Crippen molar-refractivity contribution >= 4 is 24.1 Å². The number of esters is 1. The number of carbonyl (C=O) groups is 1. The number of benzene rings is 1. The summed E-state index contributed by atoms with van der Waals surface area (Å²) < 4.78 is 4.74. The van der Waals surface area contributed by atoms with Gasteiger partial charge in [0.15, 0.2) is 0 Å². The molecule has 18 heavy (non-hydrogen) atoms. The van der Waals surface area contributed by atoms with E-state index in [4.69, 9.17) is 10.1 Å². The van der Waals surface area contributed by atoms with E-state index in [1.165, 1.54) is 6.08 Å². The highest BCUT2D eigenvalue weighted by Gasteiger charge is 2.09. The normalized spacial score (nSPS) is 10.6. The van der Waals surface area contributed by atoms with Gasteiger partial charge in [-0.25, -0.2) is 4.79 Å². The Balaban J connectivity index is 2.95. The van der Waals surface area contributed by atoms with Crippen LogP contribution in [-0.4, -0.2) is 25.0 Å². The predicted octanol–water partition coefficient (Wildman–Crippen LogP) is 1.82. The first-order valence-electron chi connectivity index (χ1n) is 5.43. The molecule has 0 aliphatic heterocycles. The van der Waals surface area contributed by atoms with E-state index in [-0.39, 0.29) is 12.3 Å². The van der Waals surface area contributed by atoms with Gasteiger partial charge in [-0.1, -0.05) is 30.3 Å². The number of rotatable bonds is 6. The highest BCUT2D eigenvalue weighted by atomic mass is 16.5. The first-order chi connectivity index (χ1) is 8.69. The Labute approximate surface area is 106 Å². The van der Waals surface area contributed by atoms with Gasteiger partial charge in [-0.05, 0) is 18.6 Å². The zero-order chi connectivity index (χ0) is 13.4. The zero-order valence-corrected chi connectivity index (χ0v) is 10.1. The molecule has 0 radical (unpaired) electrons. The number of ether oxygens (including phenoxy) is 1. The molecule has 0 fully saturated rings. The van der Waals surface area contributed by atoms with Gasteiger partial charge in [0.25, 0.3) is 0 Å². The Bertz CT molecular complexity index is 466. The number of hydrazone groups is 1. The molecule has 0 amide bonds. The van der Waals surface area contributed by atoms with Crippen LogP contribution in [0.5, 0.6) is 0 Å². The Morgan fingerprint density at radius 1 is 1.50 bits per heavy atom. The Hall–Kier alpha value is -2.43. The lowest BCUT2D eigenvalue weighted by molar-refractivity contribution is -0.135. The molecule has 94 valence electrons. The SMILES string of the molecule is C=NN/C(=C\C(=N)C(=O)OCC)c1ccccc1. The summed E-state index contributed by atoms with van der Waals surface area (Å²) in [5.74, 6) is -0.670. The molecular formula is C13H15N3O2. The third kappa shape index (κ3) is 3.86. The van der Waals surface area contributed by atoms with Crippen LogP contribution in [0.2, 0.25) is 0 Å². The lowest BCUT2D eigenvalue weighted by atomic mass is 10.1. The van der Waals surface area contributed by atoms with Crippen molar-refractivity contribution in [1.29, 1.82) is 5.41 Å². The Kier molecular flexibility index (Phi) is 5.31. The lowest BCUT2D eigenvalue weighted by Crippen LogP contribution is -2.16. The Morgan fingerprint density at radius 3 is 2.72 bits per heavy atom. The maximum atomic E-state index is 11.3. The van der Waals surface area contributed by atoms with Gasteiger partial charge < -0.3 is 4.74 Å². The molecule has 0 bridgehead atoms. The fraction of sp³-hybridized carbons (Fsp3) is 0.154. The van der Waals surface area contributed by atoms with E-state index in [0.29, 0.717) is 5.70 Å². The third-order valence-corrected chi connectivity index (χ3v) is 2.07. The lowest BCUT2D eigenvalue weighted by Gasteiger charge is -2.07. The van der Waals surface area contributed by atoms with E-state index in [9.17, 15) is 4.79 Å². The number of hydrogen-bond acceptors (Lipinski definition) is 5. The molecule has 2 N–H and O–H groups in total. The first-order valence-corrected chi connectivity index (χ1v) is 5.43. The van der Waals surface area contributed by atoms with Crippen molar-refractivity contribution in [1.82, 2.24) is 5.43 Å². The van der Waals surface area contributed by atoms with E-state index in [0.717, 1.165) is 5.56 Å². The summed E-state index contributed by atoms with van der Waals surface area (Å²) in [7, 11) is 0. The largest absolute Gasteiger partial charge is 0.461 e. The van der Waals surface area contributed by atoms with E-state index < -0.39 is 5.97 Å². The number of nitrogens with one attached hydrogen (secondary N) is 2. The summed E-state index contributed by atoms with van der Waals surface area (Å²) >= 11 is 0. The van der Waals surface area contributed by atoms with E-state index in [1.54, 1.807) is 6.92 Å². The topological polar surface area (TPSA) is 74.5 Å². The summed E-state index contributed by atoms with van der Waals surface area (Å²) in [6, 6.07) is 9.24. The average Bonchev–Trinajstić information content (AvgIpc) is 2.39. The molecule has 0 spiro atoms. The smallest absolute Gasteiger partial charge is 0.356 e. The molecule has 5 heteroatoms. The number of nitrogens with zero attached hydrogens (tertiary/aromatic N) is 1. The second-order valence-electron chi connectivity index (χ2n) is 3.33. The maximum Gasteiger partial charge on any atom is 0.356 e. The predicted molar refractivity (Wildman–Crippen MR) is 71.5 cm³/mol. The van der Waals surface area contributed by atoms with Gasteiger partial charge in [0.05, 0.1) is 12.3 Å². The Morgan fingerprint density at radius 2 is 2.17 bits per heavy atom. The third-order valence-electron chi connectivity index (χ3n) is 2.07. The van der Waals surface area contributed by atoms with Gasteiger partial charge >= 0.3 is 5.97 Å². The zero-order valence-electron chi connectivity index (χ0n) is 10.1. The standard InChI is InChI=1S/C13H15N3O2/c1-3-18-13(17)11(14)9-12(16-15-2)10-7-5-4-6-8-10/h4-9,14,16H,2-3H2,1H3/b12-9-,14-11?. The second kappa shape index (κ2) is 7.01. The summed E-state index contributed by atoms with van der Waals surface area (Å²) in [4.78, 5) is 11.3. The van der Waals surface area contributed by atoms with Crippen molar-refractivity contribution in [3.8, 4) is 0 Å². The quantitative estimate of drug-likeness (QED) is 0.456. The highest BCUT2D eigenvalue weighted by Crippen LogP contribution is 2.11. The molecule has 0 heterocycles. The highest BCUT2D eigenvalue weighted by molar-refractivity contribution is 6.40. The van der Waals surface area contributed by atoms with Crippen LogP contribution in [0.1, 0.15) is 12.5 Å². The molecule has 1 rings (SSSR count). The fourth-order valence-corrected chi connectivity index (χ4v) is 1.30. The fourth-order valence-electron chi connectivity index (χ4n) is 1.30. The average molecular weight is 245 g/mol. The van der Waals surface area contributed by atoms with Crippen LogP contribution in [0.4, 0.5) is 0 Å². The molecule has 0 aliphatic carbocycles.